The molecule has 0 unspecified atom stereocenters. The molecular formula is C10H7F3N2O2. The van der Waals surface area contributed by atoms with Crippen molar-refractivity contribution in [2.75, 3.05) is 7.11 Å². The van der Waals surface area contributed by atoms with Gasteiger partial charge in [0.1, 0.15) is 5.65 Å². The minimum atomic E-state index is -4.43. The summed E-state index contributed by atoms with van der Waals surface area (Å²) in [6.45, 7) is 0. The average molecular weight is 244 g/mol. The van der Waals surface area contributed by atoms with Crippen LogP contribution in [0.2, 0.25) is 0 Å². The third kappa shape index (κ3) is 2.08. The van der Waals surface area contributed by atoms with Gasteiger partial charge in [0.15, 0.2) is 5.69 Å². The quantitative estimate of drug-likeness (QED) is 0.722. The lowest BCUT2D eigenvalue weighted by atomic mass is 10.3. The molecule has 0 fully saturated rings. The van der Waals surface area contributed by atoms with Crippen LogP contribution in [0, 0.1) is 0 Å². The molecule has 0 radical (unpaired) electrons. The molecule has 0 saturated heterocycles. The van der Waals surface area contributed by atoms with Gasteiger partial charge < -0.3 is 9.14 Å². The standard InChI is InChI=1S/C10H7F3N2O2/c1-17-9(16)7-5-15-4-6(10(11,12)13)2-3-8(15)14-7/h2-5H,1H3. The summed E-state index contributed by atoms with van der Waals surface area (Å²) in [4.78, 5) is 15.0. The van der Waals surface area contributed by atoms with Crippen LogP contribution >= 0.6 is 0 Å². The largest absolute Gasteiger partial charge is 0.464 e. The molecule has 0 atom stereocenters. The van der Waals surface area contributed by atoms with E-state index in [1.165, 1.54) is 19.4 Å². The highest BCUT2D eigenvalue weighted by Gasteiger charge is 2.31. The molecule has 0 aromatic carbocycles. The molecule has 0 aliphatic rings. The molecule has 0 bridgehead atoms. The average Bonchev–Trinajstić information content (AvgIpc) is 2.69. The van der Waals surface area contributed by atoms with E-state index in [-0.39, 0.29) is 11.3 Å². The van der Waals surface area contributed by atoms with Crippen LogP contribution in [0.3, 0.4) is 0 Å². The van der Waals surface area contributed by atoms with Gasteiger partial charge in [0.25, 0.3) is 0 Å². The Morgan fingerprint density at radius 3 is 2.65 bits per heavy atom. The van der Waals surface area contributed by atoms with Gasteiger partial charge in [0.2, 0.25) is 0 Å². The van der Waals surface area contributed by atoms with Crippen molar-refractivity contribution in [1.29, 1.82) is 0 Å². The van der Waals surface area contributed by atoms with E-state index >= 15 is 0 Å². The molecule has 17 heavy (non-hydrogen) atoms. The summed E-state index contributed by atoms with van der Waals surface area (Å²) in [7, 11) is 1.17. The minimum Gasteiger partial charge on any atom is -0.464 e. The van der Waals surface area contributed by atoms with Crippen molar-refractivity contribution >= 4 is 11.6 Å². The Bertz CT molecular complexity index is 574. The number of nitrogens with zero attached hydrogens (tertiary/aromatic N) is 2. The summed E-state index contributed by atoms with van der Waals surface area (Å²) in [6, 6.07) is 2.10. The molecule has 0 aliphatic carbocycles. The van der Waals surface area contributed by atoms with Crippen LogP contribution in [0.25, 0.3) is 5.65 Å². The van der Waals surface area contributed by atoms with Crippen molar-refractivity contribution in [2.45, 2.75) is 6.18 Å². The van der Waals surface area contributed by atoms with E-state index < -0.39 is 17.7 Å². The lowest BCUT2D eigenvalue weighted by molar-refractivity contribution is -0.137. The molecular weight excluding hydrogens is 237 g/mol. The van der Waals surface area contributed by atoms with E-state index in [1.54, 1.807) is 0 Å². The second kappa shape index (κ2) is 3.76. The molecule has 4 nitrogen and oxygen atoms in total. The Morgan fingerprint density at radius 1 is 1.35 bits per heavy atom. The van der Waals surface area contributed by atoms with E-state index in [4.69, 9.17) is 0 Å². The number of fused-ring (bicyclic) bond motifs is 1. The lowest BCUT2D eigenvalue weighted by Crippen LogP contribution is -2.05. The number of aromatic nitrogens is 2. The Hall–Kier alpha value is -2.05. The number of hydrogen-bond donors (Lipinski definition) is 0. The first-order valence-electron chi connectivity index (χ1n) is 4.56. The molecule has 2 aromatic heterocycles. The van der Waals surface area contributed by atoms with Gasteiger partial charge in [-0.25, -0.2) is 9.78 Å². The third-order valence-corrected chi connectivity index (χ3v) is 2.17. The maximum absolute atomic E-state index is 12.4. The van der Waals surface area contributed by atoms with Gasteiger partial charge in [0, 0.05) is 12.4 Å². The van der Waals surface area contributed by atoms with E-state index in [1.807, 2.05) is 0 Å². The molecule has 0 N–H and O–H groups in total. The van der Waals surface area contributed by atoms with Crippen LogP contribution < -0.4 is 0 Å². The summed E-state index contributed by atoms with van der Waals surface area (Å²) in [5, 5.41) is 0. The fourth-order valence-electron chi connectivity index (χ4n) is 1.36. The minimum absolute atomic E-state index is 0.0353. The Kier molecular flexibility index (Phi) is 2.53. The highest BCUT2D eigenvalue weighted by atomic mass is 19.4. The summed E-state index contributed by atoms with van der Waals surface area (Å²) >= 11 is 0. The maximum atomic E-state index is 12.4. The van der Waals surface area contributed by atoms with Gasteiger partial charge >= 0.3 is 12.1 Å². The van der Waals surface area contributed by atoms with E-state index in [0.717, 1.165) is 16.7 Å². The molecule has 2 rings (SSSR count). The zero-order chi connectivity index (χ0) is 12.6. The number of alkyl halides is 3. The Balaban J connectivity index is 2.52. The second-order valence-corrected chi connectivity index (χ2v) is 3.30. The smallest absolute Gasteiger partial charge is 0.417 e. The molecule has 2 heterocycles. The molecule has 7 heteroatoms. The summed E-state index contributed by atoms with van der Waals surface area (Å²) in [6.07, 6.45) is -2.37. The number of carbonyl (C=O) groups is 1. The molecule has 0 amide bonds. The first-order chi connectivity index (χ1) is 7.91. The van der Waals surface area contributed by atoms with Crippen LogP contribution in [0.4, 0.5) is 13.2 Å². The number of rotatable bonds is 1. The zero-order valence-electron chi connectivity index (χ0n) is 8.65. The lowest BCUT2D eigenvalue weighted by Gasteiger charge is -2.05. The van der Waals surface area contributed by atoms with E-state index in [9.17, 15) is 18.0 Å². The number of methoxy groups -OCH3 is 1. The van der Waals surface area contributed by atoms with Crippen LogP contribution in [-0.4, -0.2) is 22.5 Å². The summed E-state index contributed by atoms with van der Waals surface area (Å²) < 4.78 is 42.8. The van der Waals surface area contributed by atoms with Crippen molar-refractivity contribution < 1.29 is 22.7 Å². The Morgan fingerprint density at radius 2 is 2.06 bits per heavy atom. The normalized spacial score (nSPS) is 11.8. The molecule has 2 aromatic rings. The van der Waals surface area contributed by atoms with Crippen molar-refractivity contribution in [2.24, 2.45) is 0 Å². The first kappa shape index (κ1) is 11.4. The van der Waals surface area contributed by atoms with Crippen LogP contribution in [0.15, 0.2) is 24.5 Å². The third-order valence-electron chi connectivity index (χ3n) is 2.17. The van der Waals surface area contributed by atoms with Crippen molar-refractivity contribution in [3.8, 4) is 0 Å². The molecule has 0 spiro atoms. The number of carbonyl (C=O) groups excluding carboxylic acids is 1. The van der Waals surface area contributed by atoms with Gasteiger partial charge in [-0.05, 0) is 12.1 Å². The number of imidazole rings is 1. The maximum Gasteiger partial charge on any atom is 0.417 e. The summed E-state index contributed by atoms with van der Waals surface area (Å²) in [5.74, 6) is -0.692. The van der Waals surface area contributed by atoms with Crippen LogP contribution in [-0.2, 0) is 10.9 Å². The van der Waals surface area contributed by atoms with Crippen molar-refractivity contribution in [3.05, 3.63) is 35.8 Å². The predicted molar refractivity (Wildman–Crippen MR) is 51.5 cm³/mol. The van der Waals surface area contributed by atoms with E-state index in [2.05, 4.69) is 9.72 Å². The molecule has 0 aliphatic heterocycles. The molecule has 0 saturated carbocycles. The first-order valence-corrected chi connectivity index (χ1v) is 4.56. The van der Waals surface area contributed by atoms with Gasteiger partial charge in [-0.3, -0.25) is 0 Å². The fourth-order valence-corrected chi connectivity index (χ4v) is 1.36. The Labute approximate surface area is 93.6 Å². The molecule has 90 valence electrons. The van der Waals surface area contributed by atoms with Gasteiger partial charge in [-0.2, -0.15) is 13.2 Å². The monoisotopic (exact) mass is 244 g/mol. The predicted octanol–water partition coefficient (Wildman–Crippen LogP) is 2.14. The fraction of sp³-hybridized carbons (Fsp3) is 0.200. The van der Waals surface area contributed by atoms with Crippen molar-refractivity contribution in [3.63, 3.8) is 0 Å². The number of esters is 1. The second-order valence-electron chi connectivity index (χ2n) is 3.30. The SMILES string of the molecule is COC(=O)c1cn2cc(C(F)(F)F)ccc2n1. The van der Waals surface area contributed by atoms with Crippen molar-refractivity contribution in [1.82, 2.24) is 9.38 Å². The van der Waals surface area contributed by atoms with Gasteiger partial charge in [-0.1, -0.05) is 0 Å². The highest BCUT2D eigenvalue weighted by Crippen LogP contribution is 2.29. The number of hydrogen-bond acceptors (Lipinski definition) is 3. The summed E-state index contributed by atoms with van der Waals surface area (Å²) in [5.41, 5.74) is -0.593. The zero-order valence-corrected chi connectivity index (χ0v) is 8.65. The number of ether oxygens (including phenoxy) is 1. The number of halogens is 3. The van der Waals surface area contributed by atoms with Gasteiger partial charge in [0.05, 0.1) is 12.7 Å². The van der Waals surface area contributed by atoms with Gasteiger partial charge in [-0.15, -0.1) is 0 Å². The number of pyridine rings is 1. The highest BCUT2D eigenvalue weighted by molar-refractivity contribution is 5.87. The van der Waals surface area contributed by atoms with Crippen LogP contribution in [0.5, 0.6) is 0 Å². The van der Waals surface area contributed by atoms with Crippen LogP contribution in [0.1, 0.15) is 16.1 Å². The topological polar surface area (TPSA) is 43.6 Å². The van der Waals surface area contributed by atoms with E-state index in [0.29, 0.717) is 0 Å².